The average Bonchev–Trinajstić information content (AvgIpc) is 2.56. The molecule has 1 aromatic heterocycles. The number of hydrogen-bond donors (Lipinski definition) is 0. The molecule has 8 heteroatoms. The van der Waals surface area contributed by atoms with E-state index < -0.39 is 12.1 Å². The number of benzene rings is 2. The Labute approximate surface area is 171 Å². The summed E-state index contributed by atoms with van der Waals surface area (Å²) < 4.78 is 10.8. The Morgan fingerprint density at radius 2 is 1.80 bits per heavy atom. The van der Waals surface area contributed by atoms with Gasteiger partial charge in [-0.25, -0.2) is 9.97 Å². The van der Waals surface area contributed by atoms with Crippen molar-refractivity contribution in [1.82, 2.24) is 9.97 Å². The Balaban J connectivity index is 0.00000225. The van der Waals surface area contributed by atoms with E-state index in [0.717, 1.165) is 0 Å². The summed E-state index contributed by atoms with van der Waals surface area (Å²) in [4.78, 5) is 19.2. The summed E-state index contributed by atoms with van der Waals surface area (Å²) in [5.74, 6) is -0.0449. The molecule has 122 valence electrons. The maximum atomic E-state index is 10.7. The van der Waals surface area contributed by atoms with E-state index in [1.807, 2.05) is 0 Å². The molecule has 0 N–H and O–H groups in total. The standard InChI is InChI=1S/C17H13ClN2O4.Na/c1-10(17(21)22)23-12-3-5-13(6-4-12)24-16-9-19-14-7-2-11(18)8-15(14)20-16;/h2-10H,1H3,(H,21,22);/q;+1/p-1/t10-;/m1./s1. The van der Waals surface area contributed by atoms with Gasteiger partial charge in [-0.3, -0.25) is 0 Å². The van der Waals surface area contributed by atoms with E-state index >= 15 is 0 Å². The van der Waals surface area contributed by atoms with Crippen LogP contribution in [-0.2, 0) is 4.79 Å². The quantitative estimate of drug-likeness (QED) is 0.571. The molecule has 0 spiro atoms. The first-order valence-corrected chi connectivity index (χ1v) is 7.47. The van der Waals surface area contributed by atoms with Crippen LogP contribution in [0.15, 0.2) is 48.7 Å². The van der Waals surface area contributed by atoms with Crippen LogP contribution in [-0.4, -0.2) is 22.0 Å². The third kappa shape index (κ3) is 5.06. The molecule has 6 nitrogen and oxygen atoms in total. The van der Waals surface area contributed by atoms with E-state index in [1.54, 1.807) is 42.5 Å². The fraction of sp³-hybridized carbons (Fsp3) is 0.118. The number of aromatic nitrogens is 2. The smallest absolute Gasteiger partial charge is 0.546 e. The van der Waals surface area contributed by atoms with Gasteiger partial charge >= 0.3 is 29.6 Å². The van der Waals surface area contributed by atoms with Crippen LogP contribution < -0.4 is 44.1 Å². The number of carboxylic acid groups (broad SMARTS) is 1. The third-order valence-corrected chi connectivity index (χ3v) is 3.41. The Kier molecular flexibility index (Phi) is 6.61. The molecule has 0 bridgehead atoms. The molecule has 0 aliphatic heterocycles. The molecule has 0 aliphatic carbocycles. The minimum atomic E-state index is -1.28. The molecule has 0 amide bonds. The Bertz CT molecular complexity index is 889. The first-order chi connectivity index (χ1) is 11.5. The van der Waals surface area contributed by atoms with E-state index in [4.69, 9.17) is 21.1 Å². The minimum Gasteiger partial charge on any atom is -0.546 e. The van der Waals surface area contributed by atoms with E-state index in [-0.39, 0.29) is 29.6 Å². The van der Waals surface area contributed by atoms with Crippen LogP contribution in [0.3, 0.4) is 0 Å². The summed E-state index contributed by atoms with van der Waals surface area (Å²) in [6.45, 7) is 1.40. The number of fused-ring (bicyclic) bond motifs is 1. The number of rotatable bonds is 5. The van der Waals surface area contributed by atoms with Crippen LogP contribution in [0.4, 0.5) is 0 Å². The van der Waals surface area contributed by atoms with Crippen LogP contribution >= 0.6 is 11.6 Å². The Morgan fingerprint density at radius 3 is 2.48 bits per heavy atom. The number of aliphatic carboxylic acids is 1. The predicted molar refractivity (Wildman–Crippen MR) is 86.2 cm³/mol. The average molecular weight is 367 g/mol. The van der Waals surface area contributed by atoms with Gasteiger partial charge in [0.05, 0.1) is 23.2 Å². The van der Waals surface area contributed by atoms with Gasteiger partial charge in [-0.2, -0.15) is 0 Å². The second kappa shape index (κ2) is 8.49. The Morgan fingerprint density at radius 1 is 1.12 bits per heavy atom. The van der Waals surface area contributed by atoms with Crippen LogP contribution in [0, 0.1) is 0 Å². The molecule has 0 saturated heterocycles. The molecule has 0 unspecified atom stereocenters. The van der Waals surface area contributed by atoms with Gasteiger partial charge in [-0.05, 0) is 49.4 Å². The first kappa shape index (κ1) is 19.5. The van der Waals surface area contributed by atoms with Gasteiger partial charge < -0.3 is 19.4 Å². The number of carboxylic acids is 1. The van der Waals surface area contributed by atoms with Crippen molar-refractivity contribution >= 4 is 28.6 Å². The van der Waals surface area contributed by atoms with Gasteiger partial charge in [0.25, 0.3) is 0 Å². The maximum absolute atomic E-state index is 10.7. The molecule has 25 heavy (non-hydrogen) atoms. The van der Waals surface area contributed by atoms with Crippen molar-refractivity contribution < 1.29 is 48.9 Å². The molecule has 0 radical (unpaired) electrons. The SMILES string of the molecule is C[C@@H](Oc1ccc(Oc2cnc3ccc(Cl)cc3n2)cc1)C(=O)[O-].[Na+]. The number of halogens is 1. The molecule has 0 aliphatic rings. The zero-order valence-electron chi connectivity index (χ0n) is 13.6. The van der Waals surface area contributed by atoms with Crippen molar-refractivity contribution in [3.05, 3.63) is 53.7 Å². The summed E-state index contributed by atoms with van der Waals surface area (Å²) in [6, 6.07) is 11.7. The molecular formula is C17H12ClN2NaO4. The van der Waals surface area contributed by atoms with Gasteiger partial charge in [0.15, 0.2) is 0 Å². The topological polar surface area (TPSA) is 84.4 Å². The summed E-state index contributed by atoms with van der Waals surface area (Å²) in [5.41, 5.74) is 1.34. The van der Waals surface area contributed by atoms with E-state index in [1.165, 1.54) is 13.1 Å². The maximum Gasteiger partial charge on any atom is 1.00 e. The second-order valence-corrected chi connectivity index (χ2v) is 5.43. The first-order valence-electron chi connectivity index (χ1n) is 7.09. The molecule has 3 aromatic rings. The van der Waals surface area contributed by atoms with Crippen molar-refractivity contribution in [3.63, 3.8) is 0 Å². The van der Waals surface area contributed by atoms with Crippen molar-refractivity contribution in [3.8, 4) is 17.4 Å². The number of nitrogens with zero attached hydrogens (tertiary/aromatic N) is 2. The zero-order valence-corrected chi connectivity index (χ0v) is 16.4. The molecule has 0 fully saturated rings. The fourth-order valence-electron chi connectivity index (χ4n) is 1.98. The second-order valence-electron chi connectivity index (χ2n) is 4.99. The van der Waals surface area contributed by atoms with Crippen LogP contribution in [0.25, 0.3) is 11.0 Å². The van der Waals surface area contributed by atoms with E-state index in [9.17, 15) is 9.90 Å². The molecule has 1 atom stereocenters. The zero-order chi connectivity index (χ0) is 17.1. The summed E-state index contributed by atoms with van der Waals surface area (Å²) >= 11 is 5.94. The van der Waals surface area contributed by atoms with Crippen molar-refractivity contribution in [1.29, 1.82) is 0 Å². The normalized spacial score (nSPS) is 11.4. The molecule has 2 aromatic carbocycles. The monoisotopic (exact) mass is 366 g/mol. The predicted octanol–water partition coefficient (Wildman–Crippen LogP) is -0.403. The number of carbonyl (C=O) groups excluding carboxylic acids is 1. The van der Waals surface area contributed by atoms with Gasteiger partial charge in [-0.1, -0.05) is 11.6 Å². The van der Waals surface area contributed by atoms with Crippen molar-refractivity contribution in [2.45, 2.75) is 13.0 Å². The fourth-order valence-corrected chi connectivity index (χ4v) is 2.14. The molecular weight excluding hydrogens is 355 g/mol. The van der Waals surface area contributed by atoms with Crippen molar-refractivity contribution in [2.75, 3.05) is 0 Å². The molecule has 3 rings (SSSR count). The molecule has 1 heterocycles. The van der Waals surface area contributed by atoms with Crippen LogP contribution in [0.2, 0.25) is 5.02 Å². The van der Waals surface area contributed by atoms with Gasteiger partial charge in [-0.15, -0.1) is 0 Å². The molecule has 0 saturated carbocycles. The summed E-state index contributed by atoms with van der Waals surface area (Å²) in [6.07, 6.45) is 0.478. The minimum absolute atomic E-state index is 0. The summed E-state index contributed by atoms with van der Waals surface area (Å²) in [5, 5.41) is 11.2. The van der Waals surface area contributed by atoms with E-state index in [2.05, 4.69) is 9.97 Å². The van der Waals surface area contributed by atoms with Crippen LogP contribution in [0.1, 0.15) is 6.92 Å². The van der Waals surface area contributed by atoms with Gasteiger partial charge in [0.2, 0.25) is 5.88 Å². The van der Waals surface area contributed by atoms with Crippen LogP contribution in [0.5, 0.6) is 17.4 Å². The number of carbonyl (C=O) groups is 1. The number of ether oxygens (including phenoxy) is 2. The van der Waals surface area contributed by atoms with E-state index in [0.29, 0.717) is 33.4 Å². The van der Waals surface area contributed by atoms with Gasteiger partial charge in [0.1, 0.15) is 17.6 Å². The summed E-state index contributed by atoms with van der Waals surface area (Å²) in [7, 11) is 0. The van der Waals surface area contributed by atoms with Crippen molar-refractivity contribution in [2.24, 2.45) is 0 Å². The third-order valence-electron chi connectivity index (χ3n) is 3.17. The van der Waals surface area contributed by atoms with Gasteiger partial charge in [0, 0.05) is 5.02 Å². The number of hydrogen-bond acceptors (Lipinski definition) is 6. The largest absolute Gasteiger partial charge is 1.00 e. The Hall–Kier alpha value is -1.86.